The van der Waals surface area contributed by atoms with Crippen molar-refractivity contribution < 1.29 is 14.0 Å². The molecular weight excluding hydrogens is 285 g/mol. The van der Waals surface area contributed by atoms with E-state index in [1.54, 1.807) is 0 Å². The van der Waals surface area contributed by atoms with E-state index in [9.17, 15) is 14.0 Å². The summed E-state index contributed by atoms with van der Waals surface area (Å²) >= 11 is 1.14. The van der Waals surface area contributed by atoms with Gasteiger partial charge in [-0.15, -0.1) is 0 Å². The summed E-state index contributed by atoms with van der Waals surface area (Å²) in [5.41, 5.74) is 4.72. The zero-order valence-corrected chi connectivity index (χ0v) is 10.9. The molecule has 0 saturated heterocycles. The van der Waals surface area contributed by atoms with Gasteiger partial charge in [0.15, 0.2) is 5.16 Å². The number of H-pyrrole nitrogens is 1. The van der Waals surface area contributed by atoms with Crippen LogP contribution < -0.4 is 10.9 Å². The maximum Gasteiger partial charge on any atom is 0.269 e. The number of carbonyl (C=O) groups excluding carboxylic acids is 2. The van der Waals surface area contributed by atoms with Gasteiger partial charge in [0.1, 0.15) is 12.1 Å². The topological polar surface area (TPSA) is 99.8 Å². The molecule has 2 aromatic rings. The number of rotatable bonds is 4. The maximum absolute atomic E-state index is 12.7. The fraction of sp³-hybridized carbons (Fsp3) is 0.0909. The number of nitrogens with zero attached hydrogens (tertiary/aromatic N) is 2. The second-order valence-electron chi connectivity index (χ2n) is 3.59. The summed E-state index contributed by atoms with van der Waals surface area (Å²) in [5.74, 6) is -1.29. The lowest BCUT2D eigenvalue weighted by Crippen LogP contribution is -2.42. The van der Waals surface area contributed by atoms with Crippen LogP contribution in [-0.2, 0) is 4.79 Å². The van der Waals surface area contributed by atoms with Gasteiger partial charge in [0, 0.05) is 5.56 Å². The molecule has 104 valence electrons. The van der Waals surface area contributed by atoms with Gasteiger partial charge in [-0.2, -0.15) is 5.10 Å². The second kappa shape index (κ2) is 6.66. The summed E-state index contributed by atoms with van der Waals surface area (Å²) in [6, 6.07) is 4.97. The number of hydrogen-bond acceptors (Lipinski definition) is 5. The predicted octanol–water partition coefficient (Wildman–Crippen LogP) is 0.497. The maximum atomic E-state index is 12.7. The van der Waals surface area contributed by atoms with E-state index < -0.39 is 17.6 Å². The van der Waals surface area contributed by atoms with Gasteiger partial charge in [0.05, 0.1) is 5.75 Å². The lowest BCUT2D eigenvalue weighted by atomic mass is 10.2. The minimum absolute atomic E-state index is 0.0683. The predicted molar refractivity (Wildman–Crippen MR) is 69.1 cm³/mol. The Morgan fingerprint density at radius 1 is 1.25 bits per heavy atom. The molecule has 2 amide bonds. The normalized spacial score (nSPS) is 10.1. The number of benzene rings is 1. The molecule has 0 fully saturated rings. The first-order valence-corrected chi connectivity index (χ1v) is 6.46. The van der Waals surface area contributed by atoms with Gasteiger partial charge in [-0.05, 0) is 24.3 Å². The van der Waals surface area contributed by atoms with Crippen LogP contribution >= 0.6 is 11.8 Å². The number of thioether (sulfide) groups is 1. The Hall–Kier alpha value is -2.42. The molecule has 0 radical (unpaired) electrons. The molecule has 0 bridgehead atoms. The highest BCUT2D eigenvalue weighted by atomic mass is 32.2. The number of nitrogens with one attached hydrogen (secondary N) is 3. The van der Waals surface area contributed by atoms with Crippen molar-refractivity contribution in [1.82, 2.24) is 26.0 Å². The molecule has 20 heavy (non-hydrogen) atoms. The molecule has 7 nitrogen and oxygen atoms in total. The standard InChI is InChI=1S/C11H10FN5O2S/c12-8-3-1-7(2-4-8)10(19)16-15-9(18)5-20-11-13-6-14-17-11/h1-4,6H,5H2,(H,15,18)(H,16,19)(H,13,14,17). The van der Waals surface area contributed by atoms with Crippen molar-refractivity contribution in [1.29, 1.82) is 0 Å². The Kier molecular flexibility index (Phi) is 4.66. The highest BCUT2D eigenvalue weighted by molar-refractivity contribution is 7.99. The van der Waals surface area contributed by atoms with E-state index in [4.69, 9.17) is 0 Å². The molecule has 2 rings (SSSR count). The van der Waals surface area contributed by atoms with Gasteiger partial charge in [0.25, 0.3) is 5.91 Å². The summed E-state index contributed by atoms with van der Waals surface area (Å²) in [7, 11) is 0. The summed E-state index contributed by atoms with van der Waals surface area (Å²) < 4.78 is 12.7. The van der Waals surface area contributed by atoms with Crippen LogP contribution in [0, 0.1) is 5.82 Å². The van der Waals surface area contributed by atoms with E-state index in [-0.39, 0.29) is 11.3 Å². The zero-order valence-electron chi connectivity index (χ0n) is 10.1. The first kappa shape index (κ1) is 14.0. The monoisotopic (exact) mass is 295 g/mol. The average Bonchev–Trinajstić information content (AvgIpc) is 2.96. The van der Waals surface area contributed by atoms with Crippen LogP contribution in [0.2, 0.25) is 0 Å². The van der Waals surface area contributed by atoms with E-state index in [2.05, 4.69) is 26.0 Å². The number of aromatic nitrogens is 3. The van der Waals surface area contributed by atoms with E-state index in [1.807, 2.05) is 0 Å². The van der Waals surface area contributed by atoms with Crippen LogP contribution in [0.1, 0.15) is 10.4 Å². The highest BCUT2D eigenvalue weighted by Gasteiger charge is 2.08. The van der Waals surface area contributed by atoms with Gasteiger partial charge in [-0.1, -0.05) is 11.8 Å². The number of carbonyl (C=O) groups is 2. The molecule has 9 heteroatoms. The van der Waals surface area contributed by atoms with Gasteiger partial charge >= 0.3 is 0 Å². The van der Waals surface area contributed by atoms with Crippen LogP contribution in [0.15, 0.2) is 35.7 Å². The third-order valence-corrected chi connectivity index (χ3v) is 3.03. The third kappa shape index (κ3) is 4.05. The lowest BCUT2D eigenvalue weighted by molar-refractivity contribution is -0.119. The third-order valence-electron chi connectivity index (χ3n) is 2.15. The Morgan fingerprint density at radius 3 is 2.65 bits per heavy atom. The highest BCUT2D eigenvalue weighted by Crippen LogP contribution is 2.09. The molecule has 1 aromatic heterocycles. The molecule has 0 aliphatic rings. The Bertz CT molecular complexity index is 587. The van der Waals surface area contributed by atoms with Crippen molar-refractivity contribution in [2.24, 2.45) is 0 Å². The Balaban J connectivity index is 1.75. The minimum atomic E-state index is -0.525. The average molecular weight is 295 g/mol. The van der Waals surface area contributed by atoms with E-state index in [0.29, 0.717) is 5.16 Å². The van der Waals surface area contributed by atoms with Crippen molar-refractivity contribution in [2.75, 3.05) is 5.75 Å². The SMILES string of the molecule is O=C(CSc1ncn[nH]1)NNC(=O)c1ccc(F)cc1. The number of aromatic amines is 1. The van der Waals surface area contributed by atoms with Crippen molar-refractivity contribution in [2.45, 2.75) is 5.16 Å². The van der Waals surface area contributed by atoms with Crippen LogP contribution in [0.5, 0.6) is 0 Å². The van der Waals surface area contributed by atoms with Crippen LogP contribution in [0.25, 0.3) is 0 Å². The molecule has 1 aromatic carbocycles. The van der Waals surface area contributed by atoms with Gasteiger partial charge in [-0.25, -0.2) is 9.37 Å². The Morgan fingerprint density at radius 2 is 2.00 bits per heavy atom. The fourth-order valence-corrected chi connectivity index (χ4v) is 1.81. The van der Waals surface area contributed by atoms with E-state index in [0.717, 1.165) is 23.9 Å². The van der Waals surface area contributed by atoms with Crippen molar-refractivity contribution in [3.63, 3.8) is 0 Å². The molecule has 0 saturated carbocycles. The summed E-state index contributed by atoms with van der Waals surface area (Å²) in [6.07, 6.45) is 1.33. The fourth-order valence-electron chi connectivity index (χ4n) is 1.23. The van der Waals surface area contributed by atoms with Gasteiger partial charge in [0.2, 0.25) is 5.91 Å². The van der Waals surface area contributed by atoms with Gasteiger partial charge in [-0.3, -0.25) is 25.5 Å². The Labute approximate surface area is 117 Å². The number of halogens is 1. The van der Waals surface area contributed by atoms with Crippen LogP contribution in [-0.4, -0.2) is 32.7 Å². The molecule has 0 atom stereocenters. The summed E-state index contributed by atoms with van der Waals surface area (Å²) in [4.78, 5) is 26.9. The molecule has 0 spiro atoms. The van der Waals surface area contributed by atoms with Crippen molar-refractivity contribution in [3.05, 3.63) is 42.0 Å². The van der Waals surface area contributed by atoms with Crippen LogP contribution in [0.3, 0.4) is 0 Å². The number of amides is 2. The largest absolute Gasteiger partial charge is 0.272 e. The molecule has 0 aliphatic carbocycles. The second-order valence-corrected chi connectivity index (χ2v) is 4.55. The molecular formula is C11H10FN5O2S. The minimum Gasteiger partial charge on any atom is -0.272 e. The first-order chi connectivity index (χ1) is 9.65. The molecule has 0 aliphatic heterocycles. The van der Waals surface area contributed by atoms with Gasteiger partial charge < -0.3 is 0 Å². The first-order valence-electron chi connectivity index (χ1n) is 5.48. The molecule has 3 N–H and O–H groups in total. The van der Waals surface area contributed by atoms with E-state index >= 15 is 0 Å². The van der Waals surface area contributed by atoms with Crippen molar-refractivity contribution >= 4 is 23.6 Å². The smallest absolute Gasteiger partial charge is 0.269 e. The van der Waals surface area contributed by atoms with Crippen molar-refractivity contribution in [3.8, 4) is 0 Å². The zero-order chi connectivity index (χ0) is 14.4. The van der Waals surface area contributed by atoms with Crippen LogP contribution in [0.4, 0.5) is 4.39 Å². The summed E-state index contributed by atoms with van der Waals surface area (Å²) in [6.45, 7) is 0. The van der Waals surface area contributed by atoms with E-state index in [1.165, 1.54) is 18.5 Å². The number of hydrazine groups is 1. The lowest BCUT2D eigenvalue weighted by Gasteiger charge is -2.06. The summed E-state index contributed by atoms with van der Waals surface area (Å²) in [5, 5.41) is 6.72. The number of hydrogen-bond donors (Lipinski definition) is 3. The quantitative estimate of drug-likeness (QED) is 0.563. The molecule has 0 unspecified atom stereocenters. The molecule has 1 heterocycles.